The molecule has 0 aliphatic rings. The highest BCUT2D eigenvalue weighted by molar-refractivity contribution is 5.84. The smallest absolute Gasteiger partial charge is 0.338 e. The number of fused-ring (bicyclic) bond motifs is 1. The molecule has 0 spiro atoms. The fourth-order valence-corrected chi connectivity index (χ4v) is 2.76. The lowest BCUT2D eigenvalue weighted by Crippen LogP contribution is -2.05. The monoisotopic (exact) mass is 365 g/mol. The summed E-state index contributed by atoms with van der Waals surface area (Å²) in [5, 5.41) is 3.10. The molecule has 0 saturated carbocycles. The zero-order valence-corrected chi connectivity index (χ0v) is 14.0. The number of anilines is 2. The maximum atomic E-state index is 12.8. The van der Waals surface area contributed by atoms with Gasteiger partial charge < -0.3 is 5.32 Å². The van der Waals surface area contributed by atoms with E-state index in [2.05, 4.69) is 10.3 Å². The van der Waals surface area contributed by atoms with Crippen molar-refractivity contribution >= 4 is 22.5 Å². The third kappa shape index (κ3) is 3.60. The molecule has 0 radical (unpaired) electrons. The molecule has 134 valence electrons. The summed E-state index contributed by atoms with van der Waals surface area (Å²) in [7, 11) is 0. The van der Waals surface area contributed by atoms with Crippen molar-refractivity contribution in [1.29, 1.82) is 0 Å². The van der Waals surface area contributed by atoms with Gasteiger partial charge in [0.15, 0.2) is 5.82 Å². The van der Waals surface area contributed by atoms with Crippen molar-refractivity contribution < 1.29 is 13.2 Å². The lowest BCUT2D eigenvalue weighted by molar-refractivity contribution is -0.137. The van der Waals surface area contributed by atoms with Gasteiger partial charge in [0.05, 0.1) is 16.6 Å². The van der Waals surface area contributed by atoms with E-state index in [0.717, 1.165) is 23.2 Å². The molecule has 0 aliphatic heterocycles. The maximum Gasteiger partial charge on any atom is 0.416 e. The number of nitrogens with zero attached hydrogens (tertiary/aromatic N) is 2. The van der Waals surface area contributed by atoms with Crippen LogP contribution in [0.1, 0.15) is 5.56 Å². The molecule has 3 nitrogen and oxygen atoms in total. The molecular formula is C21H14F3N3. The first-order chi connectivity index (χ1) is 13.0. The Morgan fingerprint density at radius 1 is 0.667 bits per heavy atom. The number of benzene rings is 3. The first-order valence-electron chi connectivity index (χ1n) is 8.27. The summed E-state index contributed by atoms with van der Waals surface area (Å²) in [5.74, 6) is 0.486. The summed E-state index contributed by atoms with van der Waals surface area (Å²) in [4.78, 5) is 9.32. The van der Waals surface area contributed by atoms with E-state index in [4.69, 9.17) is 4.98 Å². The number of halogens is 3. The number of nitrogens with one attached hydrogen (secondary N) is 1. The Hall–Kier alpha value is -3.41. The summed E-state index contributed by atoms with van der Waals surface area (Å²) in [6.45, 7) is 0. The van der Waals surface area contributed by atoms with Crippen LogP contribution in [0.15, 0.2) is 78.9 Å². The van der Waals surface area contributed by atoms with Crippen molar-refractivity contribution in [1.82, 2.24) is 9.97 Å². The van der Waals surface area contributed by atoms with Gasteiger partial charge in [-0.25, -0.2) is 9.97 Å². The molecule has 1 heterocycles. The van der Waals surface area contributed by atoms with Gasteiger partial charge in [0.25, 0.3) is 0 Å². The summed E-state index contributed by atoms with van der Waals surface area (Å²) in [5.41, 5.74) is 2.76. The van der Waals surface area contributed by atoms with Gasteiger partial charge >= 0.3 is 6.18 Å². The van der Waals surface area contributed by atoms with E-state index in [9.17, 15) is 13.2 Å². The quantitative estimate of drug-likeness (QED) is 0.480. The summed E-state index contributed by atoms with van der Waals surface area (Å²) < 4.78 is 38.3. The molecule has 4 aromatic rings. The number of rotatable bonds is 3. The van der Waals surface area contributed by atoms with Crippen LogP contribution in [0.3, 0.4) is 0 Å². The molecule has 1 N–H and O–H groups in total. The van der Waals surface area contributed by atoms with E-state index in [1.54, 1.807) is 0 Å². The first-order valence-corrected chi connectivity index (χ1v) is 8.27. The first kappa shape index (κ1) is 17.0. The van der Waals surface area contributed by atoms with Crippen LogP contribution >= 0.6 is 0 Å². The van der Waals surface area contributed by atoms with Crippen molar-refractivity contribution in [3.8, 4) is 11.3 Å². The van der Waals surface area contributed by atoms with Crippen LogP contribution < -0.4 is 5.32 Å². The van der Waals surface area contributed by atoms with E-state index in [1.807, 2.05) is 54.6 Å². The molecule has 0 amide bonds. The lowest BCUT2D eigenvalue weighted by Gasteiger charge is -2.13. The summed E-state index contributed by atoms with van der Waals surface area (Å²) >= 11 is 0. The second-order valence-electron chi connectivity index (χ2n) is 5.98. The van der Waals surface area contributed by atoms with Gasteiger partial charge in [0.2, 0.25) is 0 Å². The average Bonchev–Trinajstić information content (AvgIpc) is 2.68. The third-order valence-corrected chi connectivity index (χ3v) is 4.09. The third-order valence-electron chi connectivity index (χ3n) is 4.09. The highest BCUT2D eigenvalue weighted by Crippen LogP contribution is 2.32. The normalized spacial score (nSPS) is 11.5. The van der Waals surface area contributed by atoms with Crippen LogP contribution in [0.2, 0.25) is 0 Å². The van der Waals surface area contributed by atoms with E-state index in [-0.39, 0.29) is 0 Å². The van der Waals surface area contributed by atoms with Gasteiger partial charge in [-0.15, -0.1) is 0 Å². The molecule has 0 bridgehead atoms. The van der Waals surface area contributed by atoms with Gasteiger partial charge in [-0.1, -0.05) is 42.5 Å². The standard InChI is InChI=1S/C21H14F3N3/c22-21(23,24)15-10-12-16(13-11-15)25-20-19(14-6-2-1-3-7-14)26-17-8-4-5-9-18(17)27-20/h1-13H,(H,25,27). The van der Waals surface area contributed by atoms with Crippen LogP contribution in [0.25, 0.3) is 22.3 Å². The summed E-state index contributed by atoms with van der Waals surface area (Å²) in [6, 6.07) is 21.8. The largest absolute Gasteiger partial charge is 0.416 e. The molecule has 1 aromatic heterocycles. The lowest BCUT2D eigenvalue weighted by atomic mass is 10.1. The minimum absolute atomic E-state index is 0.486. The van der Waals surface area contributed by atoms with E-state index in [1.165, 1.54) is 12.1 Å². The fraction of sp³-hybridized carbons (Fsp3) is 0.0476. The molecule has 4 rings (SSSR count). The Kier molecular flexibility index (Phi) is 4.24. The highest BCUT2D eigenvalue weighted by Gasteiger charge is 2.30. The molecule has 6 heteroatoms. The molecule has 27 heavy (non-hydrogen) atoms. The Balaban J connectivity index is 1.78. The molecule has 0 aliphatic carbocycles. The molecule has 0 atom stereocenters. The minimum atomic E-state index is -4.36. The average molecular weight is 365 g/mol. The zero-order chi connectivity index (χ0) is 18.9. The van der Waals surface area contributed by atoms with Crippen LogP contribution in [-0.4, -0.2) is 9.97 Å². The van der Waals surface area contributed by atoms with Crippen LogP contribution in [-0.2, 0) is 6.18 Å². The molecule has 0 fully saturated rings. The number of hydrogen-bond donors (Lipinski definition) is 1. The van der Waals surface area contributed by atoms with E-state index < -0.39 is 11.7 Å². The molecule has 0 unspecified atom stereocenters. The SMILES string of the molecule is FC(F)(F)c1ccc(Nc2nc3ccccc3nc2-c2ccccc2)cc1. The Labute approximate surface area is 153 Å². The highest BCUT2D eigenvalue weighted by atomic mass is 19.4. The van der Waals surface area contributed by atoms with Crippen LogP contribution in [0.4, 0.5) is 24.7 Å². The topological polar surface area (TPSA) is 37.8 Å². The van der Waals surface area contributed by atoms with Gasteiger partial charge in [-0.05, 0) is 36.4 Å². The van der Waals surface area contributed by atoms with Gasteiger partial charge in [0, 0.05) is 11.3 Å². The van der Waals surface area contributed by atoms with Gasteiger partial charge in [-0.2, -0.15) is 13.2 Å². The number of alkyl halides is 3. The second kappa shape index (κ2) is 6.72. The Bertz CT molecular complexity index is 1080. The van der Waals surface area contributed by atoms with Crippen molar-refractivity contribution in [2.24, 2.45) is 0 Å². The minimum Gasteiger partial charge on any atom is -0.338 e. The fourth-order valence-electron chi connectivity index (χ4n) is 2.76. The Morgan fingerprint density at radius 2 is 1.26 bits per heavy atom. The van der Waals surface area contributed by atoms with E-state index in [0.29, 0.717) is 22.7 Å². The number of para-hydroxylation sites is 2. The molecular weight excluding hydrogens is 351 g/mol. The van der Waals surface area contributed by atoms with Crippen molar-refractivity contribution in [3.63, 3.8) is 0 Å². The van der Waals surface area contributed by atoms with Crippen molar-refractivity contribution in [3.05, 3.63) is 84.4 Å². The van der Waals surface area contributed by atoms with Gasteiger partial charge in [0.1, 0.15) is 5.69 Å². The van der Waals surface area contributed by atoms with Crippen molar-refractivity contribution in [2.75, 3.05) is 5.32 Å². The predicted octanol–water partition coefficient (Wildman–Crippen LogP) is 6.06. The van der Waals surface area contributed by atoms with Crippen LogP contribution in [0.5, 0.6) is 0 Å². The predicted molar refractivity (Wildman–Crippen MR) is 99.7 cm³/mol. The number of aromatic nitrogens is 2. The van der Waals surface area contributed by atoms with Crippen molar-refractivity contribution in [2.45, 2.75) is 6.18 Å². The van der Waals surface area contributed by atoms with Crippen LogP contribution in [0, 0.1) is 0 Å². The molecule has 3 aromatic carbocycles. The number of hydrogen-bond acceptors (Lipinski definition) is 3. The molecule has 0 saturated heterocycles. The summed E-state index contributed by atoms with van der Waals surface area (Å²) in [6.07, 6.45) is -4.36. The zero-order valence-electron chi connectivity index (χ0n) is 14.0. The van der Waals surface area contributed by atoms with E-state index >= 15 is 0 Å². The Morgan fingerprint density at radius 3 is 1.89 bits per heavy atom. The second-order valence-corrected chi connectivity index (χ2v) is 5.98. The van der Waals surface area contributed by atoms with Gasteiger partial charge in [-0.3, -0.25) is 0 Å². The maximum absolute atomic E-state index is 12.8.